The van der Waals surface area contributed by atoms with E-state index < -0.39 is 0 Å². The van der Waals surface area contributed by atoms with Crippen LogP contribution in [0.1, 0.15) is 16.7 Å². The third kappa shape index (κ3) is 2.40. The summed E-state index contributed by atoms with van der Waals surface area (Å²) >= 11 is 0. The first-order chi connectivity index (χ1) is 10.8. The molecule has 22 heavy (non-hydrogen) atoms. The van der Waals surface area contributed by atoms with Crippen molar-refractivity contribution in [3.8, 4) is 0 Å². The Hall–Kier alpha value is -2.20. The predicted octanol–water partition coefficient (Wildman–Crippen LogP) is 2.71. The van der Waals surface area contributed by atoms with E-state index >= 15 is 0 Å². The van der Waals surface area contributed by atoms with Crippen LogP contribution in [0.5, 0.6) is 0 Å². The summed E-state index contributed by atoms with van der Waals surface area (Å²) < 4.78 is 13.6. The lowest BCUT2D eigenvalue weighted by Crippen LogP contribution is -2.46. The quantitative estimate of drug-likeness (QED) is 0.809. The van der Waals surface area contributed by atoms with E-state index in [0.717, 1.165) is 49.7 Å². The van der Waals surface area contributed by atoms with Crippen LogP contribution in [-0.2, 0) is 6.42 Å². The second-order valence-electron chi connectivity index (χ2n) is 5.78. The average molecular weight is 295 g/mol. The summed E-state index contributed by atoms with van der Waals surface area (Å²) in [5.41, 5.74) is 4.26. The fourth-order valence-corrected chi connectivity index (χ4v) is 3.18. The molecule has 112 valence electrons. The van der Waals surface area contributed by atoms with Gasteiger partial charge in [0.05, 0.1) is 5.69 Å². The maximum atomic E-state index is 13.6. The van der Waals surface area contributed by atoms with E-state index in [9.17, 15) is 4.39 Å². The Bertz CT molecular complexity index is 733. The number of fused-ring (bicyclic) bond motifs is 2. The number of piperazine rings is 1. The van der Waals surface area contributed by atoms with Crippen LogP contribution in [0.2, 0.25) is 0 Å². The normalized spacial score (nSPS) is 17.3. The Morgan fingerprint density at radius 2 is 1.82 bits per heavy atom. The summed E-state index contributed by atoms with van der Waals surface area (Å²) in [6.45, 7) is 3.77. The maximum absolute atomic E-state index is 13.6. The van der Waals surface area contributed by atoms with Crippen molar-refractivity contribution in [2.75, 3.05) is 26.2 Å². The summed E-state index contributed by atoms with van der Waals surface area (Å²) in [6.07, 6.45) is 0.797. The van der Waals surface area contributed by atoms with Crippen molar-refractivity contribution in [3.05, 3.63) is 65.0 Å². The Kier molecular flexibility index (Phi) is 3.39. The molecular weight excluding hydrogens is 277 g/mol. The van der Waals surface area contributed by atoms with Crippen molar-refractivity contribution in [3.63, 3.8) is 0 Å². The first kappa shape index (κ1) is 13.5. The zero-order chi connectivity index (χ0) is 14.9. The summed E-state index contributed by atoms with van der Waals surface area (Å²) in [4.78, 5) is 7.14. The molecule has 0 unspecified atom stereocenters. The van der Waals surface area contributed by atoms with Gasteiger partial charge < -0.3 is 10.2 Å². The number of nitrogens with one attached hydrogen (secondary N) is 1. The van der Waals surface area contributed by atoms with Crippen LogP contribution in [-0.4, -0.2) is 36.9 Å². The molecule has 0 atom stereocenters. The van der Waals surface area contributed by atoms with E-state index in [2.05, 4.69) is 28.4 Å². The lowest BCUT2D eigenvalue weighted by molar-refractivity contribution is 0.358. The Balaban J connectivity index is 1.88. The minimum atomic E-state index is -0.229. The molecule has 2 aromatic carbocycles. The zero-order valence-electron chi connectivity index (χ0n) is 12.3. The van der Waals surface area contributed by atoms with Gasteiger partial charge in [0.1, 0.15) is 11.7 Å². The number of hydrogen-bond donors (Lipinski definition) is 1. The minimum Gasteiger partial charge on any atom is -0.354 e. The highest BCUT2D eigenvalue weighted by atomic mass is 19.1. The number of amidine groups is 1. The molecule has 0 spiro atoms. The van der Waals surface area contributed by atoms with Gasteiger partial charge in [0.25, 0.3) is 0 Å². The molecule has 0 amide bonds. The molecule has 2 aliphatic rings. The van der Waals surface area contributed by atoms with Crippen LogP contribution < -0.4 is 5.32 Å². The van der Waals surface area contributed by atoms with Gasteiger partial charge in [-0.25, -0.2) is 9.38 Å². The minimum absolute atomic E-state index is 0.229. The number of aliphatic imine (C=N–C) groups is 1. The highest BCUT2D eigenvalue weighted by molar-refractivity contribution is 6.02. The van der Waals surface area contributed by atoms with Gasteiger partial charge in [-0.2, -0.15) is 0 Å². The summed E-state index contributed by atoms with van der Waals surface area (Å²) in [7, 11) is 0. The molecule has 2 aliphatic heterocycles. The summed E-state index contributed by atoms with van der Waals surface area (Å²) in [5, 5.41) is 3.36. The zero-order valence-corrected chi connectivity index (χ0v) is 12.3. The van der Waals surface area contributed by atoms with Crippen LogP contribution in [0, 0.1) is 5.82 Å². The van der Waals surface area contributed by atoms with E-state index in [4.69, 9.17) is 4.99 Å². The van der Waals surface area contributed by atoms with Gasteiger partial charge in [0, 0.05) is 38.2 Å². The molecule has 0 bridgehead atoms. The van der Waals surface area contributed by atoms with Gasteiger partial charge in [-0.3, -0.25) is 0 Å². The third-order valence-corrected chi connectivity index (χ3v) is 4.33. The number of halogens is 1. The fourth-order valence-electron chi connectivity index (χ4n) is 3.18. The Morgan fingerprint density at radius 1 is 1.00 bits per heavy atom. The molecule has 2 heterocycles. The largest absolute Gasteiger partial charge is 0.354 e. The van der Waals surface area contributed by atoms with Gasteiger partial charge in [0.2, 0.25) is 0 Å². The Labute approximate surface area is 129 Å². The average Bonchev–Trinajstić information content (AvgIpc) is 2.72. The SMILES string of the molecule is Fc1ccc2c(c1)N=C(N1CCNCC1)c1ccccc1C2. The van der Waals surface area contributed by atoms with Crippen molar-refractivity contribution in [1.29, 1.82) is 0 Å². The fraction of sp³-hybridized carbons (Fsp3) is 0.278. The molecule has 1 N–H and O–H groups in total. The smallest absolute Gasteiger partial charge is 0.136 e. The van der Waals surface area contributed by atoms with Gasteiger partial charge in [-0.15, -0.1) is 0 Å². The van der Waals surface area contributed by atoms with E-state index in [1.165, 1.54) is 17.2 Å². The van der Waals surface area contributed by atoms with Crippen molar-refractivity contribution in [1.82, 2.24) is 10.2 Å². The number of nitrogens with zero attached hydrogens (tertiary/aromatic N) is 2. The van der Waals surface area contributed by atoms with Crippen molar-refractivity contribution < 1.29 is 4.39 Å². The molecule has 2 aromatic rings. The van der Waals surface area contributed by atoms with Crippen LogP contribution >= 0.6 is 0 Å². The van der Waals surface area contributed by atoms with Crippen LogP contribution in [0.15, 0.2) is 47.5 Å². The molecule has 3 nitrogen and oxygen atoms in total. The first-order valence-corrected chi connectivity index (χ1v) is 7.72. The lowest BCUT2D eigenvalue weighted by Gasteiger charge is -2.30. The molecule has 0 radical (unpaired) electrons. The first-order valence-electron chi connectivity index (χ1n) is 7.72. The predicted molar refractivity (Wildman–Crippen MR) is 86.3 cm³/mol. The standard InChI is InChI=1S/C18H18FN3/c19-15-6-5-14-11-13-3-1-2-4-16(13)18(21-17(14)12-15)22-9-7-20-8-10-22/h1-6,12,20H,7-11H2. The molecular formula is C18H18FN3. The van der Waals surface area contributed by atoms with Crippen molar-refractivity contribution >= 4 is 11.5 Å². The summed E-state index contributed by atoms with van der Waals surface area (Å²) in [5.74, 6) is 0.745. The molecule has 4 heteroatoms. The molecule has 4 rings (SSSR count). The second kappa shape index (κ2) is 5.54. The molecule has 0 saturated carbocycles. The highest BCUT2D eigenvalue weighted by Gasteiger charge is 2.22. The molecule has 0 aliphatic carbocycles. The van der Waals surface area contributed by atoms with E-state index in [-0.39, 0.29) is 5.82 Å². The van der Waals surface area contributed by atoms with Crippen molar-refractivity contribution in [2.45, 2.75) is 6.42 Å². The molecule has 1 fully saturated rings. The van der Waals surface area contributed by atoms with Gasteiger partial charge in [-0.1, -0.05) is 30.3 Å². The van der Waals surface area contributed by atoms with Crippen LogP contribution in [0.25, 0.3) is 0 Å². The highest BCUT2D eigenvalue weighted by Crippen LogP contribution is 2.30. The summed E-state index contributed by atoms with van der Waals surface area (Å²) in [6, 6.07) is 13.3. The van der Waals surface area contributed by atoms with Crippen LogP contribution in [0.4, 0.5) is 10.1 Å². The number of benzene rings is 2. The van der Waals surface area contributed by atoms with Gasteiger partial charge in [0.15, 0.2) is 0 Å². The monoisotopic (exact) mass is 295 g/mol. The Morgan fingerprint density at radius 3 is 2.68 bits per heavy atom. The van der Waals surface area contributed by atoms with Crippen LogP contribution in [0.3, 0.4) is 0 Å². The topological polar surface area (TPSA) is 27.6 Å². The van der Waals surface area contributed by atoms with E-state index in [1.807, 2.05) is 12.1 Å². The maximum Gasteiger partial charge on any atom is 0.136 e. The number of hydrogen-bond acceptors (Lipinski definition) is 3. The van der Waals surface area contributed by atoms with Gasteiger partial charge in [-0.05, 0) is 23.3 Å². The molecule has 0 aromatic heterocycles. The second-order valence-corrected chi connectivity index (χ2v) is 5.78. The van der Waals surface area contributed by atoms with E-state index in [0.29, 0.717) is 0 Å². The van der Waals surface area contributed by atoms with E-state index in [1.54, 1.807) is 6.07 Å². The third-order valence-electron chi connectivity index (χ3n) is 4.33. The molecule has 1 saturated heterocycles. The number of rotatable bonds is 0. The van der Waals surface area contributed by atoms with Crippen molar-refractivity contribution in [2.24, 2.45) is 4.99 Å². The van der Waals surface area contributed by atoms with Gasteiger partial charge >= 0.3 is 0 Å². The lowest BCUT2D eigenvalue weighted by atomic mass is 9.99.